The van der Waals surface area contributed by atoms with Gasteiger partial charge in [-0.15, -0.1) is 0 Å². The topological polar surface area (TPSA) is 39.1 Å². The quantitative estimate of drug-likeness (QED) is 0.705. The molecule has 1 heterocycles. The van der Waals surface area contributed by atoms with Crippen molar-refractivity contribution < 1.29 is 0 Å². The predicted molar refractivity (Wildman–Crippen MR) is 53.3 cm³/mol. The molecule has 13 heavy (non-hydrogen) atoms. The van der Waals surface area contributed by atoms with Crippen molar-refractivity contribution in [3.8, 4) is 6.07 Å². The number of rotatable bonds is 3. The lowest BCUT2D eigenvalue weighted by molar-refractivity contribution is 0.156. The maximum Gasteiger partial charge on any atom is 0.0638 e. The molecule has 1 N–H and O–H groups in total. The van der Waals surface area contributed by atoms with E-state index < -0.39 is 0 Å². The Hall–Kier alpha value is -0.590. The fourth-order valence-corrected chi connectivity index (χ4v) is 1.89. The zero-order chi connectivity index (χ0) is 9.68. The summed E-state index contributed by atoms with van der Waals surface area (Å²) in [5, 5.41) is 11.9. The smallest absolute Gasteiger partial charge is 0.0638 e. The van der Waals surface area contributed by atoms with Crippen LogP contribution in [0.4, 0.5) is 0 Å². The number of likely N-dealkylation sites (tertiary alicyclic amines) is 1. The summed E-state index contributed by atoms with van der Waals surface area (Å²) < 4.78 is 0. The van der Waals surface area contributed by atoms with Gasteiger partial charge in [0.05, 0.1) is 12.5 Å². The molecule has 1 atom stereocenters. The summed E-state index contributed by atoms with van der Waals surface area (Å²) in [4.78, 5) is 2.41. The number of hydrogen-bond acceptors (Lipinski definition) is 3. The lowest BCUT2D eigenvalue weighted by atomic mass is 10.0. The van der Waals surface area contributed by atoms with E-state index in [1.807, 2.05) is 7.05 Å². The minimum atomic E-state index is 0.433. The fraction of sp³-hybridized carbons (Fsp3) is 0.900. The second kappa shape index (κ2) is 5.21. The van der Waals surface area contributed by atoms with Crippen LogP contribution in [0.25, 0.3) is 0 Å². The largest absolute Gasteiger partial charge is 0.317 e. The second-order valence-corrected chi connectivity index (χ2v) is 3.81. The molecule has 0 aliphatic carbocycles. The van der Waals surface area contributed by atoms with E-state index in [9.17, 15) is 0 Å². The monoisotopic (exact) mass is 181 g/mol. The summed E-state index contributed by atoms with van der Waals surface area (Å²) >= 11 is 0. The number of nitrogens with zero attached hydrogens (tertiary/aromatic N) is 2. The van der Waals surface area contributed by atoms with Gasteiger partial charge in [0.15, 0.2) is 0 Å². The average molecular weight is 181 g/mol. The molecule has 74 valence electrons. The Morgan fingerprint density at radius 2 is 2.15 bits per heavy atom. The summed E-state index contributed by atoms with van der Waals surface area (Å²) in [5.41, 5.74) is 0. The second-order valence-electron chi connectivity index (χ2n) is 3.81. The van der Waals surface area contributed by atoms with Gasteiger partial charge in [0.2, 0.25) is 0 Å². The summed E-state index contributed by atoms with van der Waals surface area (Å²) in [6, 6.07) is 3.35. The summed E-state index contributed by atoms with van der Waals surface area (Å²) in [5.74, 6) is 0. The number of piperidine rings is 1. The maximum absolute atomic E-state index is 8.58. The highest BCUT2D eigenvalue weighted by Crippen LogP contribution is 2.13. The van der Waals surface area contributed by atoms with Crippen LogP contribution in [0, 0.1) is 11.3 Å². The molecule has 0 aromatic heterocycles. The molecular weight excluding hydrogens is 162 g/mol. The Morgan fingerprint density at radius 3 is 2.62 bits per heavy atom. The molecule has 3 nitrogen and oxygen atoms in total. The van der Waals surface area contributed by atoms with Crippen LogP contribution in [-0.2, 0) is 0 Å². The van der Waals surface area contributed by atoms with Crippen molar-refractivity contribution in [3.05, 3.63) is 0 Å². The third-order valence-electron chi connectivity index (χ3n) is 2.95. The highest BCUT2D eigenvalue weighted by molar-refractivity contribution is 4.84. The molecule has 1 aliphatic heterocycles. The van der Waals surface area contributed by atoms with Gasteiger partial charge < -0.3 is 5.32 Å². The van der Waals surface area contributed by atoms with Crippen LogP contribution in [0.5, 0.6) is 0 Å². The maximum atomic E-state index is 8.58. The molecule has 1 aliphatic rings. The van der Waals surface area contributed by atoms with Crippen molar-refractivity contribution in [2.45, 2.75) is 38.3 Å². The van der Waals surface area contributed by atoms with E-state index in [4.69, 9.17) is 5.26 Å². The molecule has 0 radical (unpaired) electrons. The van der Waals surface area contributed by atoms with Gasteiger partial charge in [0.1, 0.15) is 0 Å². The molecule has 0 amide bonds. The van der Waals surface area contributed by atoms with Crippen LogP contribution in [-0.4, -0.2) is 37.1 Å². The molecule has 1 unspecified atom stereocenters. The Labute approximate surface area is 80.7 Å². The van der Waals surface area contributed by atoms with Crippen molar-refractivity contribution in [2.75, 3.05) is 20.1 Å². The van der Waals surface area contributed by atoms with E-state index >= 15 is 0 Å². The Balaban J connectivity index is 2.28. The lowest BCUT2D eigenvalue weighted by Gasteiger charge is -2.35. The molecule has 0 spiro atoms. The Morgan fingerprint density at radius 1 is 1.54 bits per heavy atom. The highest BCUT2D eigenvalue weighted by atomic mass is 15.2. The van der Waals surface area contributed by atoms with Crippen LogP contribution in [0.3, 0.4) is 0 Å². The third kappa shape index (κ3) is 2.98. The minimum absolute atomic E-state index is 0.433. The van der Waals surface area contributed by atoms with Crippen LogP contribution in [0.2, 0.25) is 0 Å². The van der Waals surface area contributed by atoms with Crippen LogP contribution in [0.1, 0.15) is 26.2 Å². The molecule has 0 bridgehead atoms. The lowest BCUT2D eigenvalue weighted by Crippen LogP contribution is -2.44. The molecular formula is C10H19N3. The fourth-order valence-electron chi connectivity index (χ4n) is 1.89. The number of hydrogen-bond donors (Lipinski definition) is 1. The molecule has 3 heteroatoms. The summed E-state index contributed by atoms with van der Waals surface area (Å²) in [6.07, 6.45) is 3.09. The highest BCUT2D eigenvalue weighted by Gasteiger charge is 2.20. The SMILES string of the molecule is CNC1CCN(C(C)CC#N)CC1. The van der Waals surface area contributed by atoms with Gasteiger partial charge >= 0.3 is 0 Å². The van der Waals surface area contributed by atoms with Gasteiger partial charge in [-0.3, -0.25) is 4.90 Å². The summed E-state index contributed by atoms with van der Waals surface area (Å²) in [6.45, 7) is 4.41. The van der Waals surface area contributed by atoms with Gasteiger partial charge in [-0.1, -0.05) is 0 Å². The van der Waals surface area contributed by atoms with Gasteiger partial charge in [-0.2, -0.15) is 5.26 Å². The first-order valence-corrected chi connectivity index (χ1v) is 5.06. The van der Waals surface area contributed by atoms with Gasteiger partial charge in [-0.25, -0.2) is 0 Å². The van der Waals surface area contributed by atoms with Crippen molar-refractivity contribution in [1.82, 2.24) is 10.2 Å². The van der Waals surface area contributed by atoms with Gasteiger partial charge in [-0.05, 0) is 39.9 Å². The van der Waals surface area contributed by atoms with Crippen molar-refractivity contribution in [3.63, 3.8) is 0 Å². The zero-order valence-electron chi connectivity index (χ0n) is 8.58. The Kier molecular flexibility index (Phi) is 4.20. The standard InChI is InChI=1S/C10H19N3/c1-9(3-6-11)13-7-4-10(12-2)5-8-13/h9-10,12H,3-5,7-8H2,1-2H3. The third-order valence-corrected chi connectivity index (χ3v) is 2.95. The minimum Gasteiger partial charge on any atom is -0.317 e. The molecule has 0 aromatic carbocycles. The van der Waals surface area contributed by atoms with E-state index in [2.05, 4.69) is 23.2 Å². The van der Waals surface area contributed by atoms with E-state index in [0.29, 0.717) is 18.5 Å². The molecule has 1 rings (SSSR count). The van der Waals surface area contributed by atoms with Crippen LogP contribution in [0.15, 0.2) is 0 Å². The zero-order valence-corrected chi connectivity index (χ0v) is 8.58. The van der Waals surface area contributed by atoms with E-state index in [-0.39, 0.29) is 0 Å². The first-order valence-electron chi connectivity index (χ1n) is 5.06. The normalized spacial score (nSPS) is 22.5. The molecule has 1 saturated heterocycles. The predicted octanol–water partition coefficient (Wildman–Crippen LogP) is 0.972. The van der Waals surface area contributed by atoms with Gasteiger partial charge in [0.25, 0.3) is 0 Å². The van der Waals surface area contributed by atoms with Crippen molar-refractivity contribution >= 4 is 0 Å². The molecule has 0 saturated carbocycles. The summed E-state index contributed by atoms with van der Waals surface area (Å²) in [7, 11) is 2.03. The van der Waals surface area contributed by atoms with E-state index in [1.54, 1.807) is 0 Å². The van der Waals surface area contributed by atoms with Crippen LogP contribution < -0.4 is 5.32 Å². The average Bonchev–Trinajstić information content (AvgIpc) is 2.18. The van der Waals surface area contributed by atoms with E-state index in [0.717, 1.165) is 13.1 Å². The first-order chi connectivity index (χ1) is 6.27. The first kappa shape index (κ1) is 10.5. The number of nitriles is 1. The van der Waals surface area contributed by atoms with Crippen molar-refractivity contribution in [2.24, 2.45) is 0 Å². The number of nitrogens with one attached hydrogen (secondary N) is 1. The van der Waals surface area contributed by atoms with Crippen molar-refractivity contribution in [1.29, 1.82) is 5.26 Å². The van der Waals surface area contributed by atoms with E-state index in [1.165, 1.54) is 12.8 Å². The molecule has 1 fully saturated rings. The van der Waals surface area contributed by atoms with Crippen LogP contribution >= 0.6 is 0 Å². The Bertz CT molecular complexity index is 177. The molecule has 0 aromatic rings. The van der Waals surface area contributed by atoms with Gasteiger partial charge in [0, 0.05) is 12.1 Å².